The molecule has 7 nitrogen and oxygen atoms in total. The van der Waals surface area contributed by atoms with Gasteiger partial charge in [-0.3, -0.25) is 14.7 Å². The number of aliphatic carboxylic acids is 2. The second-order valence-corrected chi connectivity index (χ2v) is 5.99. The van der Waals surface area contributed by atoms with Crippen LogP contribution in [0.2, 0.25) is 0 Å². The van der Waals surface area contributed by atoms with Crippen LogP contribution in [-0.2, 0) is 9.59 Å². The van der Waals surface area contributed by atoms with Crippen LogP contribution >= 0.6 is 0 Å². The maximum absolute atomic E-state index is 9.55. The maximum atomic E-state index is 9.55. The fourth-order valence-corrected chi connectivity index (χ4v) is 2.78. The SMILES string of the molecule is C=Cc1cn(N(CCC)c2ccncc2)c2ccccc12.O=C(O)/C=C\C(=O)O. The van der Waals surface area contributed by atoms with Crippen molar-refractivity contribution in [1.29, 1.82) is 0 Å². The van der Waals surface area contributed by atoms with Crippen molar-refractivity contribution in [2.75, 3.05) is 11.6 Å². The summed E-state index contributed by atoms with van der Waals surface area (Å²) in [5.41, 5.74) is 3.49. The molecule has 7 heteroatoms. The number of pyridine rings is 1. The molecule has 0 aliphatic rings. The van der Waals surface area contributed by atoms with Gasteiger partial charge in [-0.25, -0.2) is 9.59 Å². The largest absolute Gasteiger partial charge is 0.478 e. The highest BCUT2D eigenvalue weighted by molar-refractivity contribution is 5.90. The number of hydrogen-bond acceptors (Lipinski definition) is 4. The van der Waals surface area contributed by atoms with Crippen molar-refractivity contribution in [3.8, 4) is 0 Å². The summed E-state index contributed by atoms with van der Waals surface area (Å²) in [6, 6.07) is 12.5. The molecule has 0 radical (unpaired) electrons. The molecule has 3 rings (SSSR count). The Labute approximate surface area is 168 Å². The van der Waals surface area contributed by atoms with Crippen LogP contribution in [-0.4, -0.2) is 38.4 Å². The number of benzene rings is 1. The summed E-state index contributed by atoms with van der Waals surface area (Å²) < 4.78 is 2.21. The van der Waals surface area contributed by atoms with Gasteiger partial charge in [-0.15, -0.1) is 0 Å². The first-order chi connectivity index (χ1) is 14.0. The lowest BCUT2D eigenvalue weighted by Gasteiger charge is -2.26. The van der Waals surface area contributed by atoms with E-state index >= 15 is 0 Å². The number of anilines is 1. The average Bonchev–Trinajstić information content (AvgIpc) is 3.10. The normalized spacial score (nSPS) is 10.4. The first-order valence-corrected chi connectivity index (χ1v) is 9.02. The Kier molecular flexibility index (Phi) is 7.73. The first kappa shape index (κ1) is 21.4. The fraction of sp³-hybridized carbons (Fsp3) is 0.136. The van der Waals surface area contributed by atoms with Gasteiger partial charge in [-0.1, -0.05) is 37.8 Å². The predicted octanol–water partition coefficient (Wildman–Crippen LogP) is 4.07. The fourth-order valence-electron chi connectivity index (χ4n) is 2.78. The third-order valence-electron chi connectivity index (χ3n) is 3.97. The van der Waals surface area contributed by atoms with Gasteiger partial charge in [0, 0.05) is 48.2 Å². The van der Waals surface area contributed by atoms with Crippen molar-refractivity contribution in [2.45, 2.75) is 13.3 Å². The van der Waals surface area contributed by atoms with Gasteiger partial charge < -0.3 is 10.2 Å². The standard InChI is InChI=1S/C18H19N3.C4H4O4/c1-3-13-20(16-9-11-19-12-10-16)21-14-15(4-2)17-7-5-6-8-18(17)21;5-3(6)1-2-4(7)8/h4-12,14H,2-3,13H2,1H3;1-2H,(H,5,6)(H,7,8)/b;2-1-. The van der Waals surface area contributed by atoms with Crippen LogP contribution in [0.3, 0.4) is 0 Å². The van der Waals surface area contributed by atoms with E-state index in [0.717, 1.165) is 24.2 Å². The molecular formula is C22H23N3O4. The Hall–Kier alpha value is -3.87. The van der Waals surface area contributed by atoms with Crippen LogP contribution in [0.25, 0.3) is 17.0 Å². The van der Waals surface area contributed by atoms with Crippen LogP contribution < -0.4 is 5.01 Å². The van der Waals surface area contributed by atoms with Crippen LogP contribution in [0.1, 0.15) is 18.9 Å². The lowest BCUT2D eigenvalue weighted by Crippen LogP contribution is -2.29. The van der Waals surface area contributed by atoms with E-state index in [2.05, 4.69) is 58.6 Å². The molecule has 3 aromatic rings. The smallest absolute Gasteiger partial charge is 0.328 e. The summed E-state index contributed by atoms with van der Waals surface area (Å²) in [4.78, 5) is 23.2. The molecule has 1 aromatic carbocycles. The third kappa shape index (κ3) is 5.80. The van der Waals surface area contributed by atoms with Gasteiger partial charge in [0.15, 0.2) is 0 Å². The summed E-state index contributed by atoms with van der Waals surface area (Å²) in [6.45, 7) is 7.06. The molecule has 0 fully saturated rings. The summed E-state index contributed by atoms with van der Waals surface area (Å²) in [7, 11) is 0. The van der Waals surface area contributed by atoms with Crippen molar-refractivity contribution in [1.82, 2.24) is 9.66 Å². The molecule has 0 amide bonds. The molecular weight excluding hydrogens is 370 g/mol. The molecule has 0 saturated heterocycles. The lowest BCUT2D eigenvalue weighted by molar-refractivity contribution is -0.134. The van der Waals surface area contributed by atoms with Crippen molar-refractivity contribution >= 4 is 34.6 Å². The Morgan fingerprint density at radius 2 is 1.72 bits per heavy atom. The zero-order valence-electron chi connectivity index (χ0n) is 16.1. The summed E-state index contributed by atoms with van der Waals surface area (Å²) in [5.74, 6) is -2.51. The molecule has 0 saturated carbocycles. The van der Waals surface area contributed by atoms with Gasteiger partial charge in [0.25, 0.3) is 0 Å². The second-order valence-electron chi connectivity index (χ2n) is 5.99. The van der Waals surface area contributed by atoms with Gasteiger partial charge in [0.1, 0.15) is 0 Å². The van der Waals surface area contributed by atoms with Gasteiger partial charge in [-0.2, -0.15) is 0 Å². The van der Waals surface area contributed by atoms with E-state index in [-0.39, 0.29) is 0 Å². The van der Waals surface area contributed by atoms with Crippen molar-refractivity contribution < 1.29 is 19.8 Å². The highest BCUT2D eigenvalue weighted by Gasteiger charge is 2.12. The number of rotatable bonds is 7. The number of carbonyl (C=O) groups is 2. The Morgan fingerprint density at radius 3 is 2.28 bits per heavy atom. The van der Waals surface area contributed by atoms with Crippen LogP contribution in [0, 0.1) is 0 Å². The van der Waals surface area contributed by atoms with Gasteiger partial charge in [0.05, 0.1) is 11.2 Å². The van der Waals surface area contributed by atoms with E-state index in [0.29, 0.717) is 12.2 Å². The number of nitrogens with zero attached hydrogens (tertiary/aromatic N) is 3. The van der Waals surface area contributed by atoms with Crippen LogP contribution in [0.5, 0.6) is 0 Å². The number of fused-ring (bicyclic) bond motifs is 1. The average molecular weight is 393 g/mol. The molecule has 29 heavy (non-hydrogen) atoms. The van der Waals surface area contributed by atoms with E-state index in [1.165, 1.54) is 10.9 Å². The third-order valence-corrected chi connectivity index (χ3v) is 3.97. The zero-order valence-corrected chi connectivity index (χ0v) is 16.1. The topological polar surface area (TPSA) is 95.7 Å². The summed E-state index contributed by atoms with van der Waals surface area (Å²) >= 11 is 0. The number of aromatic nitrogens is 2. The number of para-hydroxylation sites is 1. The van der Waals surface area contributed by atoms with E-state index in [4.69, 9.17) is 10.2 Å². The molecule has 0 aliphatic heterocycles. The number of carboxylic acid groups (broad SMARTS) is 2. The van der Waals surface area contributed by atoms with Crippen LogP contribution in [0.4, 0.5) is 5.69 Å². The van der Waals surface area contributed by atoms with Gasteiger partial charge >= 0.3 is 11.9 Å². The van der Waals surface area contributed by atoms with Crippen molar-refractivity contribution in [3.63, 3.8) is 0 Å². The first-order valence-electron chi connectivity index (χ1n) is 9.02. The molecule has 2 heterocycles. The maximum Gasteiger partial charge on any atom is 0.328 e. The van der Waals surface area contributed by atoms with E-state index in [9.17, 15) is 9.59 Å². The quantitative estimate of drug-likeness (QED) is 0.588. The minimum absolute atomic E-state index is 0.558. The zero-order chi connectivity index (χ0) is 21.2. The lowest BCUT2D eigenvalue weighted by atomic mass is 10.2. The minimum atomic E-state index is -1.26. The van der Waals surface area contributed by atoms with E-state index < -0.39 is 11.9 Å². The Morgan fingerprint density at radius 1 is 1.10 bits per heavy atom. The monoisotopic (exact) mass is 393 g/mol. The van der Waals surface area contributed by atoms with Crippen LogP contribution in [0.15, 0.2) is 73.7 Å². The van der Waals surface area contributed by atoms with E-state index in [1.807, 2.05) is 30.6 Å². The Balaban J connectivity index is 0.000000321. The summed E-state index contributed by atoms with van der Waals surface area (Å²) in [5, 5.41) is 19.1. The Bertz CT molecular complexity index is 993. The molecule has 0 bridgehead atoms. The molecule has 0 aliphatic carbocycles. The van der Waals surface area contributed by atoms with E-state index in [1.54, 1.807) is 0 Å². The highest BCUT2D eigenvalue weighted by Crippen LogP contribution is 2.25. The molecule has 0 atom stereocenters. The number of hydrogen-bond donors (Lipinski definition) is 2. The second kappa shape index (κ2) is 10.5. The summed E-state index contributed by atoms with van der Waals surface area (Å²) in [6.07, 6.45) is 9.91. The van der Waals surface area contributed by atoms with Crippen molar-refractivity contribution in [3.05, 3.63) is 79.3 Å². The molecule has 2 aromatic heterocycles. The minimum Gasteiger partial charge on any atom is -0.478 e. The highest BCUT2D eigenvalue weighted by atomic mass is 16.4. The van der Waals surface area contributed by atoms with Crippen molar-refractivity contribution in [2.24, 2.45) is 0 Å². The number of carboxylic acids is 2. The predicted molar refractivity (Wildman–Crippen MR) is 114 cm³/mol. The van der Waals surface area contributed by atoms with Gasteiger partial charge in [0.2, 0.25) is 0 Å². The van der Waals surface area contributed by atoms with Gasteiger partial charge in [-0.05, 0) is 24.6 Å². The molecule has 150 valence electrons. The molecule has 0 unspecified atom stereocenters. The molecule has 0 spiro atoms. The molecule has 2 N–H and O–H groups in total.